The average Bonchev–Trinajstić information content (AvgIpc) is 1.69. The Kier molecular flexibility index (Phi) is 3.83. The molecule has 0 aromatic heterocycles. The van der Waals surface area contributed by atoms with Crippen molar-refractivity contribution in [3.8, 4) is 0 Å². The molecule has 1 N–H and O–H groups in total. The van der Waals surface area contributed by atoms with E-state index in [9.17, 15) is 0 Å². The molecule has 2 heteroatoms. The normalized spacial score (nSPS) is 14.6. The van der Waals surface area contributed by atoms with E-state index in [-0.39, 0.29) is 0 Å². The van der Waals surface area contributed by atoms with Crippen LogP contribution in [0.3, 0.4) is 0 Å². The Labute approximate surface area is 51.1 Å². The molecule has 0 fully saturated rings. The van der Waals surface area contributed by atoms with E-state index in [1.165, 1.54) is 0 Å². The maximum atomic E-state index is 8.83. The Hall–Kier alpha value is -0.0800. The molecule has 0 amide bonds. The van der Waals surface area contributed by atoms with Crippen LogP contribution in [0.25, 0.3) is 0 Å². The number of hydrogen-bond donors (Lipinski definition) is 1. The summed E-state index contributed by atoms with van der Waals surface area (Å²) in [5, 5.41) is 8.83. The van der Waals surface area contributed by atoms with E-state index in [2.05, 4.69) is 6.92 Å². The molecule has 0 unspecified atom stereocenters. The summed E-state index contributed by atoms with van der Waals surface area (Å²) in [6.07, 6.45) is -0.537. The van der Waals surface area contributed by atoms with Crippen molar-refractivity contribution in [2.75, 3.05) is 13.1 Å². The third-order valence-corrected chi connectivity index (χ3v) is 1.23. The van der Waals surface area contributed by atoms with Crippen LogP contribution >= 0.6 is 0 Å². The Morgan fingerprint density at radius 2 is 1.88 bits per heavy atom. The minimum absolute atomic E-state index is 0.537. The third-order valence-electron chi connectivity index (χ3n) is 1.23. The van der Waals surface area contributed by atoms with Gasteiger partial charge in [-0.05, 0) is 20.0 Å². The van der Waals surface area contributed by atoms with E-state index in [4.69, 9.17) is 5.11 Å². The van der Waals surface area contributed by atoms with Gasteiger partial charge in [-0.15, -0.1) is 0 Å². The van der Waals surface area contributed by atoms with E-state index in [1.807, 2.05) is 18.7 Å². The van der Waals surface area contributed by atoms with Gasteiger partial charge in [0.05, 0.1) is 0 Å². The van der Waals surface area contributed by atoms with Gasteiger partial charge in [-0.25, -0.2) is 0 Å². The molecule has 0 saturated heterocycles. The van der Waals surface area contributed by atoms with E-state index in [0.29, 0.717) is 0 Å². The molecule has 0 rings (SSSR count). The molecule has 0 spiro atoms. The third kappa shape index (κ3) is 2.28. The fraction of sp³-hybridized carbons (Fsp3) is 0.833. The molecule has 0 bridgehead atoms. The van der Waals surface area contributed by atoms with Crippen molar-refractivity contribution in [3.05, 3.63) is 6.92 Å². The van der Waals surface area contributed by atoms with E-state index in [0.717, 1.165) is 13.1 Å². The number of aliphatic hydroxyl groups excluding tert-OH is 1. The zero-order valence-electron chi connectivity index (χ0n) is 5.59. The summed E-state index contributed by atoms with van der Waals surface area (Å²) < 4.78 is 0. The van der Waals surface area contributed by atoms with E-state index in [1.54, 1.807) is 0 Å². The van der Waals surface area contributed by atoms with Crippen LogP contribution < -0.4 is 0 Å². The van der Waals surface area contributed by atoms with Crippen LogP contribution in [0.1, 0.15) is 13.8 Å². The molecule has 0 saturated carbocycles. The first-order chi connectivity index (χ1) is 3.72. The summed E-state index contributed by atoms with van der Waals surface area (Å²) in [5.74, 6) is 0. The largest absolute Gasteiger partial charge is 0.378 e. The molecule has 2 nitrogen and oxygen atoms in total. The number of hydrogen-bond acceptors (Lipinski definition) is 2. The van der Waals surface area contributed by atoms with Gasteiger partial charge in [0.15, 0.2) is 0 Å². The highest BCUT2D eigenvalue weighted by Crippen LogP contribution is 1.90. The van der Waals surface area contributed by atoms with Gasteiger partial charge in [-0.2, -0.15) is 0 Å². The average molecular weight is 116 g/mol. The van der Waals surface area contributed by atoms with Crippen molar-refractivity contribution in [2.24, 2.45) is 0 Å². The Morgan fingerprint density at radius 3 is 1.88 bits per heavy atom. The summed E-state index contributed by atoms with van der Waals surface area (Å²) in [6, 6.07) is 0. The first-order valence-corrected chi connectivity index (χ1v) is 2.97. The zero-order chi connectivity index (χ0) is 6.57. The lowest BCUT2D eigenvalue weighted by molar-refractivity contribution is 0.0478. The number of rotatable bonds is 3. The fourth-order valence-electron chi connectivity index (χ4n) is 0.645. The molecule has 8 heavy (non-hydrogen) atoms. The van der Waals surface area contributed by atoms with Crippen molar-refractivity contribution in [2.45, 2.75) is 20.1 Å². The van der Waals surface area contributed by atoms with Crippen molar-refractivity contribution < 1.29 is 5.11 Å². The number of nitrogens with zero attached hydrogens (tertiary/aromatic N) is 1. The first-order valence-electron chi connectivity index (χ1n) is 2.97. The van der Waals surface area contributed by atoms with Gasteiger partial charge in [0.25, 0.3) is 0 Å². The lowest BCUT2D eigenvalue weighted by Gasteiger charge is -2.20. The molecule has 0 aliphatic heterocycles. The molecule has 1 atom stereocenters. The summed E-state index contributed by atoms with van der Waals surface area (Å²) >= 11 is 0. The first kappa shape index (κ1) is 7.92. The van der Waals surface area contributed by atoms with Crippen molar-refractivity contribution in [1.82, 2.24) is 4.90 Å². The molecule has 0 aliphatic rings. The van der Waals surface area contributed by atoms with Gasteiger partial charge >= 0.3 is 0 Å². The second kappa shape index (κ2) is 3.87. The Bertz CT molecular complexity index is 50.5. The second-order valence-electron chi connectivity index (χ2n) is 1.70. The van der Waals surface area contributed by atoms with Crippen molar-refractivity contribution in [1.29, 1.82) is 0 Å². The zero-order valence-corrected chi connectivity index (χ0v) is 5.59. The summed E-state index contributed by atoms with van der Waals surface area (Å²) in [4.78, 5) is 1.86. The van der Waals surface area contributed by atoms with E-state index < -0.39 is 6.23 Å². The van der Waals surface area contributed by atoms with Crippen molar-refractivity contribution >= 4 is 0 Å². The minimum Gasteiger partial charge on any atom is -0.378 e. The van der Waals surface area contributed by atoms with Gasteiger partial charge in [-0.1, -0.05) is 13.8 Å². The monoisotopic (exact) mass is 116 g/mol. The number of aliphatic hydroxyl groups is 1. The molecule has 0 aliphatic carbocycles. The molecule has 0 aromatic rings. The highest BCUT2D eigenvalue weighted by Gasteiger charge is 2.02. The smallest absolute Gasteiger partial charge is 0.107 e. The predicted molar refractivity (Wildman–Crippen MR) is 34.3 cm³/mol. The Balaban J connectivity index is 3.35. The summed E-state index contributed by atoms with van der Waals surface area (Å²) in [6.45, 7) is 9.18. The maximum absolute atomic E-state index is 8.83. The van der Waals surface area contributed by atoms with Gasteiger partial charge < -0.3 is 5.11 Å². The maximum Gasteiger partial charge on any atom is 0.107 e. The van der Waals surface area contributed by atoms with Crippen LogP contribution in [0.15, 0.2) is 0 Å². The van der Waals surface area contributed by atoms with Gasteiger partial charge in [0.1, 0.15) is 6.23 Å². The van der Waals surface area contributed by atoms with Crippen LogP contribution in [0.4, 0.5) is 0 Å². The molecule has 0 heterocycles. The highest BCUT2D eigenvalue weighted by molar-refractivity contribution is 4.57. The van der Waals surface area contributed by atoms with Gasteiger partial charge in [0.2, 0.25) is 0 Å². The van der Waals surface area contributed by atoms with Gasteiger partial charge in [0, 0.05) is 0 Å². The topological polar surface area (TPSA) is 23.5 Å². The highest BCUT2D eigenvalue weighted by atomic mass is 16.3. The van der Waals surface area contributed by atoms with Crippen LogP contribution in [0.2, 0.25) is 0 Å². The van der Waals surface area contributed by atoms with Crippen LogP contribution in [0.5, 0.6) is 0 Å². The van der Waals surface area contributed by atoms with Crippen molar-refractivity contribution in [3.63, 3.8) is 0 Å². The molecule has 0 aromatic carbocycles. The molecule has 49 valence electrons. The fourth-order valence-corrected chi connectivity index (χ4v) is 0.645. The molecular formula is C6H14NO. The van der Waals surface area contributed by atoms with Gasteiger partial charge in [-0.3, -0.25) is 4.90 Å². The van der Waals surface area contributed by atoms with Crippen LogP contribution in [-0.4, -0.2) is 29.3 Å². The minimum atomic E-state index is -0.537. The van der Waals surface area contributed by atoms with Crippen LogP contribution in [0, 0.1) is 6.92 Å². The SMILES string of the molecule is [CH2][C@H](O)N(CC)CC. The Morgan fingerprint density at radius 1 is 1.50 bits per heavy atom. The predicted octanol–water partition coefficient (Wildman–Crippen LogP) is 0.481. The summed E-state index contributed by atoms with van der Waals surface area (Å²) in [7, 11) is 0. The quantitative estimate of drug-likeness (QED) is 0.542. The molecular weight excluding hydrogens is 102 g/mol. The van der Waals surface area contributed by atoms with Crippen LogP contribution in [-0.2, 0) is 0 Å². The van der Waals surface area contributed by atoms with E-state index >= 15 is 0 Å². The summed E-state index contributed by atoms with van der Waals surface area (Å²) in [5.41, 5.74) is 0. The lowest BCUT2D eigenvalue weighted by Crippen LogP contribution is -2.32. The second-order valence-corrected chi connectivity index (χ2v) is 1.70. The lowest BCUT2D eigenvalue weighted by atomic mass is 10.5. The standard InChI is InChI=1S/C6H14NO/c1-4-7(5-2)6(3)8/h6,8H,3-5H2,1-2H3/t6-/m0/s1. The molecule has 1 radical (unpaired) electrons.